The third kappa shape index (κ3) is 4.22. The Bertz CT molecular complexity index is 729. The quantitative estimate of drug-likeness (QED) is 0.871. The van der Waals surface area contributed by atoms with Gasteiger partial charge >= 0.3 is 0 Å². The smallest absolute Gasteiger partial charge is 0.273 e. The third-order valence-corrected chi connectivity index (χ3v) is 5.03. The summed E-state index contributed by atoms with van der Waals surface area (Å²) < 4.78 is 0. The predicted octanol–water partition coefficient (Wildman–Crippen LogP) is 3.74. The molecule has 25 heavy (non-hydrogen) atoms. The van der Waals surface area contributed by atoms with Gasteiger partial charge in [-0.15, -0.1) is 0 Å². The van der Waals surface area contributed by atoms with E-state index in [1.165, 1.54) is 0 Å². The molecule has 1 aromatic carbocycles. The second-order valence-electron chi connectivity index (χ2n) is 7.38. The monoisotopic (exact) mass is 361 g/mol. The van der Waals surface area contributed by atoms with Crippen molar-refractivity contribution in [3.8, 4) is 11.3 Å². The number of aliphatic hydroxyl groups is 1. The fourth-order valence-electron chi connectivity index (χ4n) is 3.46. The van der Waals surface area contributed by atoms with E-state index >= 15 is 0 Å². The Kier molecular flexibility index (Phi) is 5.16. The highest BCUT2D eigenvalue weighted by atomic mass is 35.5. The number of amides is 1. The van der Waals surface area contributed by atoms with E-state index in [4.69, 9.17) is 11.6 Å². The lowest BCUT2D eigenvalue weighted by Crippen LogP contribution is -2.40. The average molecular weight is 362 g/mol. The second-order valence-corrected chi connectivity index (χ2v) is 7.76. The van der Waals surface area contributed by atoms with Crippen LogP contribution in [0.15, 0.2) is 30.3 Å². The average Bonchev–Trinajstić information content (AvgIpc) is 2.96. The maximum Gasteiger partial charge on any atom is 0.273 e. The van der Waals surface area contributed by atoms with E-state index in [2.05, 4.69) is 10.2 Å². The van der Waals surface area contributed by atoms with Crippen LogP contribution in [0.1, 0.15) is 43.6 Å². The molecule has 134 valence electrons. The highest BCUT2D eigenvalue weighted by Crippen LogP contribution is 2.31. The Labute approximate surface area is 153 Å². The van der Waals surface area contributed by atoms with Crippen LogP contribution in [0, 0.1) is 5.92 Å². The van der Waals surface area contributed by atoms with E-state index in [-0.39, 0.29) is 5.91 Å². The molecule has 2 aromatic rings. The van der Waals surface area contributed by atoms with Crippen LogP contribution in [0.4, 0.5) is 0 Å². The van der Waals surface area contributed by atoms with Crippen molar-refractivity contribution in [1.29, 1.82) is 0 Å². The molecule has 0 spiro atoms. The first kappa shape index (κ1) is 18.0. The molecule has 2 N–H and O–H groups in total. The molecule has 0 radical (unpaired) electrons. The first-order valence-electron chi connectivity index (χ1n) is 8.66. The molecule has 0 saturated carbocycles. The minimum absolute atomic E-state index is 0.110. The molecule has 6 heteroatoms. The Morgan fingerprint density at radius 1 is 1.32 bits per heavy atom. The van der Waals surface area contributed by atoms with Crippen LogP contribution in [0.5, 0.6) is 0 Å². The molecular weight excluding hydrogens is 338 g/mol. The summed E-state index contributed by atoms with van der Waals surface area (Å²) in [6, 6.07) is 9.58. The molecule has 3 rings (SSSR count). The zero-order valence-electron chi connectivity index (χ0n) is 14.6. The number of rotatable bonds is 4. The number of hydrogen-bond acceptors (Lipinski definition) is 3. The van der Waals surface area contributed by atoms with Crippen molar-refractivity contribution in [3.63, 3.8) is 0 Å². The number of aromatic amines is 1. The molecule has 1 fully saturated rings. The van der Waals surface area contributed by atoms with Gasteiger partial charge < -0.3 is 10.0 Å². The highest BCUT2D eigenvalue weighted by Gasteiger charge is 2.29. The molecule has 0 aliphatic carbocycles. The molecule has 1 aliphatic rings. The van der Waals surface area contributed by atoms with Crippen molar-refractivity contribution in [3.05, 3.63) is 41.0 Å². The van der Waals surface area contributed by atoms with Gasteiger partial charge in [0.05, 0.1) is 10.6 Å². The molecule has 0 unspecified atom stereocenters. The largest absolute Gasteiger partial charge is 0.390 e. The third-order valence-electron chi connectivity index (χ3n) is 4.66. The number of halogens is 1. The molecule has 5 nitrogen and oxygen atoms in total. The standard InChI is InChI=1S/C19H24ClN3O2/c1-19(2,25)12-13-8-10-23(11-9-13)18(24)17-15(20)16(21-22-17)14-6-4-3-5-7-14/h3-7,13,25H,8-12H2,1-2H3,(H,21,22). The number of carbonyl (C=O) groups is 1. The van der Waals surface area contributed by atoms with Gasteiger partial charge in [0.25, 0.3) is 5.91 Å². The van der Waals surface area contributed by atoms with E-state index in [9.17, 15) is 9.90 Å². The Hall–Kier alpha value is -1.85. The fraction of sp³-hybridized carbons (Fsp3) is 0.474. The minimum Gasteiger partial charge on any atom is -0.390 e. The van der Waals surface area contributed by atoms with E-state index in [0.717, 1.165) is 24.8 Å². The van der Waals surface area contributed by atoms with E-state index in [1.54, 1.807) is 0 Å². The summed E-state index contributed by atoms with van der Waals surface area (Å²) in [6.07, 6.45) is 2.55. The molecule has 2 heterocycles. The molecule has 0 atom stereocenters. The molecule has 1 saturated heterocycles. The van der Waals surface area contributed by atoms with Crippen LogP contribution in [-0.2, 0) is 0 Å². The number of nitrogens with one attached hydrogen (secondary N) is 1. The number of hydrogen-bond donors (Lipinski definition) is 2. The number of H-pyrrole nitrogens is 1. The maximum atomic E-state index is 12.8. The van der Waals surface area contributed by atoms with Gasteiger partial charge in [0, 0.05) is 18.7 Å². The normalized spacial score (nSPS) is 16.2. The number of carbonyl (C=O) groups excluding carboxylic acids is 1. The maximum absolute atomic E-state index is 12.8. The van der Waals surface area contributed by atoms with E-state index < -0.39 is 5.60 Å². The van der Waals surface area contributed by atoms with Gasteiger partial charge in [-0.05, 0) is 39.0 Å². The van der Waals surface area contributed by atoms with Gasteiger partial charge in [0.15, 0.2) is 0 Å². The van der Waals surface area contributed by atoms with Crippen LogP contribution in [0.25, 0.3) is 11.3 Å². The van der Waals surface area contributed by atoms with Crippen molar-refractivity contribution < 1.29 is 9.90 Å². The number of piperidine rings is 1. The SMILES string of the molecule is CC(C)(O)CC1CCN(C(=O)c2[nH]nc(-c3ccccc3)c2Cl)CC1. The molecule has 1 aromatic heterocycles. The second kappa shape index (κ2) is 7.18. The van der Waals surface area contributed by atoms with Gasteiger partial charge in [-0.3, -0.25) is 9.89 Å². The predicted molar refractivity (Wildman–Crippen MR) is 98.6 cm³/mol. The summed E-state index contributed by atoms with van der Waals surface area (Å²) in [5.41, 5.74) is 1.17. The van der Waals surface area contributed by atoms with E-state index in [0.29, 0.717) is 35.4 Å². The van der Waals surface area contributed by atoms with Crippen molar-refractivity contribution in [2.24, 2.45) is 5.92 Å². The summed E-state index contributed by atoms with van der Waals surface area (Å²) in [7, 11) is 0. The number of likely N-dealkylation sites (tertiary alicyclic amines) is 1. The van der Waals surface area contributed by atoms with Crippen LogP contribution >= 0.6 is 11.6 Å². The molecular formula is C19H24ClN3O2. The van der Waals surface area contributed by atoms with Gasteiger partial charge in [-0.25, -0.2) is 0 Å². The van der Waals surface area contributed by atoms with Gasteiger partial charge in [0.2, 0.25) is 0 Å². The van der Waals surface area contributed by atoms with Crippen LogP contribution < -0.4 is 0 Å². The summed E-state index contributed by atoms with van der Waals surface area (Å²) in [6.45, 7) is 5.02. The van der Waals surface area contributed by atoms with Crippen LogP contribution in [0.2, 0.25) is 5.02 Å². The first-order valence-corrected chi connectivity index (χ1v) is 9.04. The van der Waals surface area contributed by atoms with Crippen molar-refractivity contribution >= 4 is 17.5 Å². The first-order chi connectivity index (χ1) is 11.8. The van der Waals surface area contributed by atoms with E-state index in [1.807, 2.05) is 49.1 Å². The number of benzene rings is 1. The Morgan fingerprint density at radius 2 is 1.96 bits per heavy atom. The molecule has 0 bridgehead atoms. The lowest BCUT2D eigenvalue weighted by molar-refractivity contribution is 0.0357. The van der Waals surface area contributed by atoms with Gasteiger partial charge in [-0.1, -0.05) is 41.9 Å². The van der Waals surface area contributed by atoms with Crippen LogP contribution in [0.3, 0.4) is 0 Å². The van der Waals surface area contributed by atoms with Crippen molar-refractivity contribution in [2.45, 2.75) is 38.7 Å². The van der Waals surface area contributed by atoms with Crippen LogP contribution in [-0.4, -0.2) is 44.8 Å². The summed E-state index contributed by atoms with van der Waals surface area (Å²) in [4.78, 5) is 14.6. The number of aromatic nitrogens is 2. The van der Waals surface area contributed by atoms with Crippen molar-refractivity contribution in [1.82, 2.24) is 15.1 Å². The van der Waals surface area contributed by atoms with Gasteiger partial charge in [-0.2, -0.15) is 5.10 Å². The van der Waals surface area contributed by atoms with Crippen molar-refractivity contribution in [2.75, 3.05) is 13.1 Å². The Morgan fingerprint density at radius 3 is 2.56 bits per heavy atom. The lowest BCUT2D eigenvalue weighted by Gasteiger charge is -2.34. The lowest BCUT2D eigenvalue weighted by atomic mass is 9.86. The zero-order chi connectivity index (χ0) is 18.0. The zero-order valence-corrected chi connectivity index (χ0v) is 15.4. The topological polar surface area (TPSA) is 69.2 Å². The minimum atomic E-state index is -0.659. The fourth-order valence-corrected chi connectivity index (χ4v) is 3.74. The highest BCUT2D eigenvalue weighted by molar-refractivity contribution is 6.36. The summed E-state index contributed by atoms with van der Waals surface area (Å²) in [5.74, 6) is 0.336. The summed E-state index contributed by atoms with van der Waals surface area (Å²) >= 11 is 6.41. The Balaban J connectivity index is 1.68. The summed E-state index contributed by atoms with van der Waals surface area (Å²) in [5, 5.41) is 17.4. The van der Waals surface area contributed by atoms with Gasteiger partial charge in [0.1, 0.15) is 11.4 Å². The molecule has 1 amide bonds. The number of nitrogens with zero attached hydrogens (tertiary/aromatic N) is 2. The molecule has 1 aliphatic heterocycles.